The van der Waals surface area contributed by atoms with Crippen LogP contribution >= 0.6 is 0 Å². The predicted molar refractivity (Wildman–Crippen MR) is 141 cm³/mol. The average Bonchev–Trinajstić information content (AvgIpc) is 2.87. The zero-order chi connectivity index (χ0) is 27.2. The minimum atomic E-state index is -0.797. The number of rotatable bonds is 10. The molecular formula is C28H43N3O6. The van der Waals surface area contributed by atoms with Gasteiger partial charge in [-0.15, -0.1) is 0 Å². The van der Waals surface area contributed by atoms with Crippen molar-refractivity contribution in [3.05, 3.63) is 17.7 Å². The van der Waals surface area contributed by atoms with Gasteiger partial charge < -0.3 is 30.2 Å². The van der Waals surface area contributed by atoms with Crippen LogP contribution in [0.3, 0.4) is 0 Å². The number of methoxy groups -OCH3 is 3. The molecule has 1 saturated carbocycles. The Morgan fingerprint density at radius 1 is 0.973 bits per heavy atom. The molecule has 3 rings (SSSR count). The Labute approximate surface area is 220 Å². The minimum absolute atomic E-state index is 0.0234. The lowest BCUT2D eigenvalue weighted by molar-refractivity contribution is -0.145. The normalized spacial score (nSPS) is 19.6. The highest BCUT2D eigenvalue weighted by Crippen LogP contribution is 2.45. The van der Waals surface area contributed by atoms with Crippen LogP contribution in [0.25, 0.3) is 0 Å². The number of nitrogens with two attached hydrogens (primary N) is 1. The van der Waals surface area contributed by atoms with Crippen molar-refractivity contribution in [2.24, 2.45) is 11.7 Å². The standard InChI is InChI=1S/C28H43N3O6/c1-28(2,17-23(29)32)30-26(33)20-13-9-10-14-31(20)27(34)24(18-11-7-6-8-12-18)19-15-21(35-3)25(37-5)22(16-19)36-4/h15-16,18,20,24H,6-14,17H2,1-5H3,(H2,29,32)(H,30,33). The minimum Gasteiger partial charge on any atom is -0.493 e. The molecule has 3 N–H and O–H groups in total. The maximum Gasteiger partial charge on any atom is 0.243 e. The topological polar surface area (TPSA) is 120 Å². The Morgan fingerprint density at radius 3 is 2.11 bits per heavy atom. The fourth-order valence-electron chi connectivity index (χ4n) is 5.91. The summed E-state index contributed by atoms with van der Waals surface area (Å²) in [5.74, 6) is 0.442. The second-order valence-electron chi connectivity index (χ2n) is 10.9. The van der Waals surface area contributed by atoms with E-state index in [-0.39, 0.29) is 24.2 Å². The smallest absolute Gasteiger partial charge is 0.243 e. The van der Waals surface area contributed by atoms with Gasteiger partial charge in [0.2, 0.25) is 23.5 Å². The van der Waals surface area contributed by atoms with Gasteiger partial charge in [0.1, 0.15) is 6.04 Å². The van der Waals surface area contributed by atoms with E-state index in [2.05, 4.69) is 5.32 Å². The van der Waals surface area contributed by atoms with Gasteiger partial charge >= 0.3 is 0 Å². The summed E-state index contributed by atoms with van der Waals surface area (Å²) in [4.78, 5) is 41.0. The van der Waals surface area contributed by atoms with Gasteiger partial charge in [-0.05, 0) is 69.6 Å². The van der Waals surface area contributed by atoms with Crippen molar-refractivity contribution >= 4 is 17.7 Å². The molecule has 1 heterocycles. The van der Waals surface area contributed by atoms with Gasteiger partial charge in [-0.25, -0.2) is 0 Å². The summed E-state index contributed by atoms with van der Waals surface area (Å²) >= 11 is 0. The monoisotopic (exact) mass is 517 g/mol. The largest absolute Gasteiger partial charge is 0.493 e. The van der Waals surface area contributed by atoms with Crippen molar-refractivity contribution < 1.29 is 28.6 Å². The first kappa shape index (κ1) is 28.6. The van der Waals surface area contributed by atoms with E-state index in [1.165, 1.54) is 0 Å². The number of hydrogen-bond acceptors (Lipinski definition) is 6. The lowest BCUT2D eigenvalue weighted by atomic mass is 9.75. The number of ether oxygens (including phenoxy) is 3. The van der Waals surface area contributed by atoms with Crippen LogP contribution in [0.15, 0.2) is 12.1 Å². The molecule has 2 aliphatic rings. The van der Waals surface area contributed by atoms with Gasteiger partial charge in [-0.3, -0.25) is 14.4 Å². The zero-order valence-electron chi connectivity index (χ0n) is 22.9. The first-order valence-electron chi connectivity index (χ1n) is 13.3. The molecule has 0 bridgehead atoms. The zero-order valence-corrected chi connectivity index (χ0v) is 22.9. The molecule has 9 heteroatoms. The average molecular weight is 518 g/mol. The summed E-state index contributed by atoms with van der Waals surface area (Å²) in [5, 5.41) is 2.96. The maximum atomic E-state index is 14.4. The fourth-order valence-corrected chi connectivity index (χ4v) is 5.91. The van der Waals surface area contributed by atoms with Crippen LogP contribution in [0.4, 0.5) is 0 Å². The van der Waals surface area contributed by atoms with E-state index in [1.807, 2.05) is 12.1 Å². The fraction of sp³-hybridized carbons (Fsp3) is 0.679. The Hall–Kier alpha value is -2.97. The number of primary amides is 1. The molecular weight excluding hydrogens is 474 g/mol. The molecule has 1 saturated heterocycles. The number of nitrogens with one attached hydrogen (secondary N) is 1. The SMILES string of the molecule is COc1cc(C(C(=O)N2CCCCC2C(=O)NC(C)(C)CC(N)=O)C2CCCCC2)cc(OC)c1OC. The summed E-state index contributed by atoms with van der Waals surface area (Å²) in [6.07, 6.45) is 7.51. The second kappa shape index (κ2) is 12.5. The van der Waals surface area contributed by atoms with E-state index in [0.29, 0.717) is 30.2 Å². The number of likely N-dealkylation sites (tertiary alicyclic amines) is 1. The molecule has 2 atom stereocenters. The molecule has 0 radical (unpaired) electrons. The van der Waals surface area contributed by atoms with E-state index in [1.54, 1.807) is 40.1 Å². The van der Waals surface area contributed by atoms with Crippen molar-refractivity contribution in [3.63, 3.8) is 0 Å². The summed E-state index contributed by atoms with van der Waals surface area (Å²) < 4.78 is 16.7. The van der Waals surface area contributed by atoms with E-state index in [0.717, 1.165) is 50.5 Å². The first-order valence-corrected chi connectivity index (χ1v) is 13.3. The third-order valence-corrected chi connectivity index (χ3v) is 7.60. The number of benzene rings is 1. The summed E-state index contributed by atoms with van der Waals surface area (Å²) in [6, 6.07) is 3.14. The quantitative estimate of drug-likeness (QED) is 0.490. The number of hydrogen-bond donors (Lipinski definition) is 2. The Kier molecular flexibility index (Phi) is 9.68. The molecule has 37 heavy (non-hydrogen) atoms. The first-order chi connectivity index (χ1) is 17.6. The predicted octanol–water partition coefficient (Wildman–Crippen LogP) is 3.53. The summed E-state index contributed by atoms with van der Waals surface area (Å²) in [7, 11) is 4.69. The van der Waals surface area contributed by atoms with Crippen molar-refractivity contribution in [1.82, 2.24) is 10.2 Å². The van der Waals surface area contributed by atoms with E-state index in [4.69, 9.17) is 19.9 Å². The highest BCUT2D eigenvalue weighted by molar-refractivity contribution is 5.92. The molecule has 0 spiro atoms. The van der Waals surface area contributed by atoms with Crippen LogP contribution in [-0.4, -0.2) is 62.1 Å². The van der Waals surface area contributed by atoms with Crippen LogP contribution in [0, 0.1) is 5.92 Å². The van der Waals surface area contributed by atoms with Gasteiger partial charge in [0.25, 0.3) is 0 Å². The number of nitrogens with zero attached hydrogens (tertiary/aromatic N) is 1. The van der Waals surface area contributed by atoms with E-state index < -0.39 is 23.4 Å². The van der Waals surface area contributed by atoms with Crippen LogP contribution in [0.2, 0.25) is 0 Å². The highest BCUT2D eigenvalue weighted by atomic mass is 16.5. The molecule has 0 aromatic heterocycles. The van der Waals surface area contributed by atoms with Crippen LogP contribution in [0.5, 0.6) is 17.2 Å². The second-order valence-corrected chi connectivity index (χ2v) is 10.9. The van der Waals surface area contributed by atoms with Gasteiger partial charge in [0, 0.05) is 18.5 Å². The third kappa shape index (κ3) is 6.87. The molecule has 1 aromatic carbocycles. The van der Waals surface area contributed by atoms with E-state index >= 15 is 0 Å². The Morgan fingerprint density at radius 2 is 1.57 bits per heavy atom. The van der Waals surface area contributed by atoms with Crippen molar-refractivity contribution in [1.29, 1.82) is 0 Å². The van der Waals surface area contributed by atoms with Crippen LogP contribution < -0.4 is 25.3 Å². The third-order valence-electron chi connectivity index (χ3n) is 7.60. The summed E-state index contributed by atoms with van der Waals surface area (Å²) in [6.45, 7) is 4.05. The van der Waals surface area contributed by atoms with E-state index in [9.17, 15) is 14.4 Å². The molecule has 1 aromatic rings. The number of carbonyl (C=O) groups excluding carboxylic acids is 3. The van der Waals surface area contributed by atoms with Gasteiger partial charge in [-0.2, -0.15) is 0 Å². The highest BCUT2D eigenvalue weighted by Gasteiger charge is 2.41. The molecule has 3 amide bonds. The van der Waals surface area contributed by atoms with Gasteiger partial charge in [0.05, 0.1) is 27.2 Å². The molecule has 9 nitrogen and oxygen atoms in total. The Balaban J connectivity index is 1.98. The molecule has 1 aliphatic heterocycles. The van der Waals surface area contributed by atoms with Crippen LogP contribution in [0.1, 0.15) is 83.1 Å². The maximum absolute atomic E-state index is 14.4. The number of piperidine rings is 1. The number of carbonyl (C=O) groups is 3. The van der Waals surface area contributed by atoms with Gasteiger partial charge in [-0.1, -0.05) is 19.3 Å². The van der Waals surface area contributed by atoms with Crippen molar-refractivity contribution in [2.75, 3.05) is 27.9 Å². The Bertz CT molecular complexity index is 948. The van der Waals surface area contributed by atoms with Gasteiger partial charge in [0.15, 0.2) is 11.5 Å². The molecule has 2 unspecified atom stereocenters. The lowest BCUT2D eigenvalue weighted by Gasteiger charge is -2.41. The molecule has 1 aliphatic carbocycles. The van der Waals surface area contributed by atoms with Crippen LogP contribution in [-0.2, 0) is 14.4 Å². The number of amides is 3. The van der Waals surface area contributed by atoms with Crippen molar-refractivity contribution in [3.8, 4) is 17.2 Å². The lowest BCUT2D eigenvalue weighted by Crippen LogP contribution is -2.57. The summed E-state index contributed by atoms with van der Waals surface area (Å²) in [5.41, 5.74) is 5.39. The van der Waals surface area contributed by atoms with Crippen molar-refractivity contribution in [2.45, 2.75) is 89.1 Å². The molecule has 2 fully saturated rings. The molecule has 206 valence electrons.